The number of rotatable bonds is 9. The van der Waals surface area contributed by atoms with Crippen LogP contribution in [0.5, 0.6) is 11.8 Å². The standard InChI is InChI=1S/C15H25NO2/c1-4-5-6-7-8-9-10-13-11-12-14(17-2)16-15(13)18-3/h11-12H,4-10H2,1-3H3. The van der Waals surface area contributed by atoms with E-state index >= 15 is 0 Å². The highest BCUT2D eigenvalue weighted by atomic mass is 16.5. The molecule has 1 aromatic heterocycles. The molecule has 0 aliphatic rings. The summed E-state index contributed by atoms with van der Waals surface area (Å²) in [6.07, 6.45) is 8.87. The van der Waals surface area contributed by atoms with Crippen molar-refractivity contribution in [3.05, 3.63) is 17.7 Å². The molecular formula is C15H25NO2. The summed E-state index contributed by atoms with van der Waals surface area (Å²) in [5.74, 6) is 1.31. The van der Waals surface area contributed by atoms with Gasteiger partial charge in [0.05, 0.1) is 14.2 Å². The van der Waals surface area contributed by atoms with Crippen LogP contribution in [0.2, 0.25) is 0 Å². The largest absolute Gasteiger partial charge is 0.481 e. The van der Waals surface area contributed by atoms with Gasteiger partial charge in [-0.2, -0.15) is 4.98 Å². The van der Waals surface area contributed by atoms with E-state index in [0.29, 0.717) is 11.8 Å². The van der Waals surface area contributed by atoms with Crippen LogP contribution in [-0.2, 0) is 6.42 Å². The molecule has 0 bridgehead atoms. The van der Waals surface area contributed by atoms with Gasteiger partial charge in [-0.25, -0.2) is 0 Å². The summed E-state index contributed by atoms with van der Waals surface area (Å²) < 4.78 is 10.4. The number of hydrogen-bond donors (Lipinski definition) is 0. The van der Waals surface area contributed by atoms with Crippen molar-refractivity contribution in [2.75, 3.05) is 14.2 Å². The lowest BCUT2D eigenvalue weighted by Gasteiger charge is -2.08. The smallest absolute Gasteiger partial charge is 0.219 e. The third kappa shape index (κ3) is 4.94. The van der Waals surface area contributed by atoms with Crippen molar-refractivity contribution in [2.24, 2.45) is 0 Å². The fourth-order valence-corrected chi connectivity index (χ4v) is 2.03. The predicted octanol–water partition coefficient (Wildman–Crippen LogP) is 4.00. The van der Waals surface area contributed by atoms with Gasteiger partial charge in [0.2, 0.25) is 11.8 Å². The van der Waals surface area contributed by atoms with Crippen molar-refractivity contribution in [3.63, 3.8) is 0 Å². The Morgan fingerprint density at radius 3 is 2.33 bits per heavy atom. The maximum atomic E-state index is 5.29. The molecule has 0 aromatic carbocycles. The fraction of sp³-hybridized carbons (Fsp3) is 0.667. The molecule has 0 amide bonds. The fourth-order valence-electron chi connectivity index (χ4n) is 2.03. The van der Waals surface area contributed by atoms with Crippen LogP contribution in [0.3, 0.4) is 0 Å². The Kier molecular flexibility index (Phi) is 7.23. The zero-order valence-electron chi connectivity index (χ0n) is 11.9. The van der Waals surface area contributed by atoms with Gasteiger partial charge in [-0.05, 0) is 18.9 Å². The summed E-state index contributed by atoms with van der Waals surface area (Å²) in [6, 6.07) is 3.95. The van der Waals surface area contributed by atoms with Gasteiger partial charge in [-0.15, -0.1) is 0 Å². The molecule has 0 aliphatic carbocycles. The van der Waals surface area contributed by atoms with E-state index in [1.807, 2.05) is 6.07 Å². The van der Waals surface area contributed by atoms with E-state index < -0.39 is 0 Å². The molecule has 0 saturated heterocycles. The van der Waals surface area contributed by atoms with Gasteiger partial charge < -0.3 is 9.47 Å². The molecule has 18 heavy (non-hydrogen) atoms. The van der Waals surface area contributed by atoms with E-state index in [1.165, 1.54) is 44.1 Å². The van der Waals surface area contributed by atoms with E-state index in [0.717, 1.165) is 6.42 Å². The Morgan fingerprint density at radius 1 is 0.944 bits per heavy atom. The molecule has 1 heterocycles. The Balaban J connectivity index is 2.37. The Hall–Kier alpha value is -1.25. The minimum absolute atomic E-state index is 0.610. The van der Waals surface area contributed by atoms with E-state index in [9.17, 15) is 0 Å². The number of hydrogen-bond acceptors (Lipinski definition) is 3. The van der Waals surface area contributed by atoms with Crippen LogP contribution in [0, 0.1) is 0 Å². The number of methoxy groups -OCH3 is 2. The topological polar surface area (TPSA) is 31.4 Å². The van der Waals surface area contributed by atoms with E-state index in [-0.39, 0.29) is 0 Å². The first-order valence-corrected chi connectivity index (χ1v) is 6.89. The molecule has 3 heteroatoms. The summed E-state index contributed by atoms with van der Waals surface area (Å²) in [6.45, 7) is 2.24. The van der Waals surface area contributed by atoms with Gasteiger partial charge in [-0.3, -0.25) is 0 Å². The van der Waals surface area contributed by atoms with Crippen LogP contribution < -0.4 is 9.47 Å². The first-order chi connectivity index (χ1) is 8.81. The molecule has 0 atom stereocenters. The van der Waals surface area contributed by atoms with Gasteiger partial charge in [0.25, 0.3) is 0 Å². The first kappa shape index (κ1) is 14.8. The second kappa shape index (κ2) is 8.78. The molecule has 3 nitrogen and oxygen atoms in total. The lowest BCUT2D eigenvalue weighted by Crippen LogP contribution is -1.97. The van der Waals surface area contributed by atoms with E-state index in [1.54, 1.807) is 14.2 Å². The average Bonchev–Trinajstić information content (AvgIpc) is 2.42. The number of unbranched alkanes of at least 4 members (excludes halogenated alkanes) is 5. The van der Waals surface area contributed by atoms with E-state index in [2.05, 4.69) is 18.0 Å². The molecule has 0 spiro atoms. The molecule has 0 N–H and O–H groups in total. The molecule has 102 valence electrons. The summed E-state index contributed by atoms with van der Waals surface area (Å²) in [4.78, 5) is 4.29. The monoisotopic (exact) mass is 251 g/mol. The lowest BCUT2D eigenvalue weighted by atomic mass is 10.1. The van der Waals surface area contributed by atoms with Gasteiger partial charge in [0.15, 0.2) is 0 Å². The minimum Gasteiger partial charge on any atom is -0.481 e. The van der Waals surface area contributed by atoms with Crippen molar-refractivity contribution in [1.29, 1.82) is 0 Å². The molecule has 0 fully saturated rings. The van der Waals surface area contributed by atoms with Crippen LogP contribution in [0.4, 0.5) is 0 Å². The summed E-state index contributed by atoms with van der Waals surface area (Å²) >= 11 is 0. The van der Waals surface area contributed by atoms with Gasteiger partial charge >= 0.3 is 0 Å². The van der Waals surface area contributed by atoms with Crippen LogP contribution in [0.15, 0.2) is 12.1 Å². The Labute approximate surface area is 111 Å². The lowest BCUT2D eigenvalue weighted by molar-refractivity contribution is 0.360. The maximum Gasteiger partial charge on any atom is 0.219 e. The normalized spacial score (nSPS) is 10.4. The van der Waals surface area contributed by atoms with Crippen molar-refractivity contribution >= 4 is 0 Å². The second-order valence-electron chi connectivity index (χ2n) is 4.54. The number of ether oxygens (including phenoxy) is 2. The Bertz CT molecular complexity index is 339. The van der Waals surface area contributed by atoms with Crippen LogP contribution >= 0.6 is 0 Å². The summed E-state index contributed by atoms with van der Waals surface area (Å²) in [5.41, 5.74) is 1.17. The van der Waals surface area contributed by atoms with Crippen LogP contribution in [0.25, 0.3) is 0 Å². The highest BCUT2D eigenvalue weighted by Crippen LogP contribution is 2.21. The highest BCUT2D eigenvalue weighted by molar-refractivity contribution is 5.30. The minimum atomic E-state index is 0.610. The predicted molar refractivity (Wildman–Crippen MR) is 74.4 cm³/mol. The molecule has 1 aromatic rings. The molecule has 1 rings (SSSR count). The zero-order valence-corrected chi connectivity index (χ0v) is 11.9. The van der Waals surface area contributed by atoms with Crippen LogP contribution in [-0.4, -0.2) is 19.2 Å². The summed E-state index contributed by atoms with van der Waals surface area (Å²) in [5, 5.41) is 0. The molecule has 0 saturated carbocycles. The molecular weight excluding hydrogens is 226 g/mol. The number of nitrogens with zero attached hydrogens (tertiary/aromatic N) is 1. The van der Waals surface area contributed by atoms with Gasteiger partial charge in [0.1, 0.15) is 0 Å². The van der Waals surface area contributed by atoms with Gasteiger partial charge in [-0.1, -0.05) is 39.0 Å². The number of aromatic nitrogens is 1. The van der Waals surface area contributed by atoms with Crippen molar-refractivity contribution in [1.82, 2.24) is 4.98 Å². The Morgan fingerprint density at radius 2 is 1.67 bits per heavy atom. The van der Waals surface area contributed by atoms with Gasteiger partial charge in [0, 0.05) is 11.6 Å². The second-order valence-corrected chi connectivity index (χ2v) is 4.54. The molecule has 0 aliphatic heterocycles. The first-order valence-electron chi connectivity index (χ1n) is 6.89. The highest BCUT2D eigenvalue weighted by Gasteiger charge is 2.06. The third-order valence-electron chi connectivity index (χ3n) is 3.12. The van der Waals surface area contributed by atoms with Crippen LogP contribution in [0.1, 0.15) is 51.0 Å². The SMILES string of the molecule is CCCCCCCCc1ccc(OC)nc1OC. The quantitative estimate of drug-likeness (QED) is 0.622. The third-order valence-corrected chi connectivity index (χ3v) is 3.12. The summed E-state index contributed by atoms with van der Waals surface area (Å²) in [7, 11) is 3.28. The van der Waals surface area contributed by atoms with Crippen molar-refractivity contribution < 1.29 is 9.47 Å². The zero-order chi connectivity index (χ0) is 13.2. The number of aryl methyl sites for hydroxylation is 1. The van der Waals surface area contributed by atoms with E-state index in [4.69, 9.17) is 9.47 Å². The molecule has 0 radical (unpaired) electrons. The number of pyridine rings is 1. The molecule has 0 unspecified atom stereocenters. The van der Waals surface area contributed by atoms with Crippen molar-refractivity contribution in [2.45, 2.75) is 51.9 Å². The maximum absolute atomic E-state index is 5.29. The van der Waals surface area contributed by atoms with Crippen molar-refractivity contribution in [3.8, 4) is 11.8 Å². The average molecular weight is 251 g/mol.